The zero-order chi connectivity index (χ0) is 15.4. The Balaban J connectivity index is 2.07. The molecule has 1 aliphatic heterocycles. The second kappa shape index (κ2) is 6.95. The highest BCUT2D eigenvalue weighted by atomic mass is 35.5. The lowest BCUT2D eigenvalue weighted by Crippen LogP contribution is -2.50. The molecule has 0 bridgehead atoms. The molecule has 0 radical (unpaired) electrons. The lowest BCUT2D eigenvalue weighted by molar-refractivity contribution is -0.117. The minimum absolute atomic E-state index is 0.0267. The lowest BCUT2D eigenvalue weighted by atomic mass is 10.2. The van der Waals surface area contributed by atoms with Gasteiger partial charge >= 0.3 is 0 Å². The van der Waals surface area contributed by atoms with Gasteiger partial charge < -0.3 is 5.32 Å². The van der Waals surface area contributed by atoms with Crippen LogP contribution in [0.2, 0.25) is 0 Å². The van der Waals surface area contributed by atoms with Gasteiger partial charge in [0.05, 0.1) is 11.6 Å². The molecule has 0 atom stereocenters. The van der Waals surface area contributed by atoms with Gasteiger partial charge in [-0.05, 0) is 19.9 Å². The third-order valence-corrected chi connectivity index (χ3v) is 5.02. The fourth-order valence-corrected chi connectivity index (χ4v) is 2.92. The average Bonchev–Trinajstić information content (AvgIpc) is 2.45. The van der Waals surface area contributed by atoms with E-state index in [0.717, 1.165) is 5.56 Å². The highest BCUT2D eigenvalue weighted by Crippen LogP contribution is 2.14. The fourth-order valence-electron chi connectivity index (χ4n) is 1.74. The molecule has 0 aliphatic carbocycles. The number of hydrogen-bond acceptors (Lipinski definition) is 4. The van der Waals surface area contributed by atoms with E-state index in [4.69, 9.17) is 11.6 Å². The zero-order valence-electron chi connectivity index (χ0n) is 11.8. The van der Waals surface area contributed by atoms with Crippen molar-refractivity contribution in [2.75, 3.05) is 11.5 Å². The number of nitrogens with one attached hydrogen (secondary N) is 1. The van der Waals surface area contributed by atoms with Crippen LogP contribution in [0, 0.1) is 0 Å². The Bertz CT molecular complexity index is 620. The maximum Gasteiger partial charge on any atom is 0.250 e. The summed E-state index contributed by atoms with van der Waals surface area (Å²) < 4.78 is 11.0. The first-order chi connectivity index (χ1) is 9.97. The second-order valence-corrected chi connectivity index (χ2v) is 6.70. The normalized spacial score (nSPS) is 23.1. The first kappa shape index (κ1) is 15.9. The number of carbonyl (C=O) groups is 1. The van der Waals surface area contributed by atoms with E-state index in [-0.39, 0.29) is 17.1 Å². The molecule has 7 heteroatoms. The molecule has 0 unspecified atom stereocenters. The van der Waals surface area contributed by atoms with Crippen LogP contribution in [0.5, 0.6) is 0 Å². The van der Waals surface area contributed by atoms with Gasteiger partial charge in [-0.15, -0.1) is 0 Å². The van der Waals surface area contributed by atoms with Crippen LogP contribution >= 0.6 is 11.6 Å². The maximum absolute atomic E-state index is 12.0. The third kappa shape index (κ3) is 4.22. The molecule has 1 aromatic heterocycles. The second-order valence-electron chi connectivity index (χ2n) is 4.80. The van der Waals surface area contributed by atoms with Crippen molar-refractivity contribution in [2.45, 2.75) is 19.9 Å². The van der Waals surface area contributed by atoms with Crippen LogP contribution in [-0.2, 0) is 15.6 Å². The number of nitrogens with zero attached hydrogens (tertiary/aromatic N) is 2. The number of rotatable bonds is 4. The molecule has 1 saturated heterocycles. The van der Waals surface area contributed by atoms with Crippen molar-refractivity contribution in [3.63, 3.8) is 0 Å². The summed E-state index contributed by atoms with van der Waals surface area (Å²) in [6.07, 6.45) is 3.36. The Morgan fingerprint density at radius 3 is 2.76 bits per heavy atom. The van der Waals surface area contributed by atoms with E-state index in [1.807, 2.05) is 12.1 Å². The average molecular weight is 326 g/mol. The Morgan fingerprint density at radius 1 is 1.48 bits per heavy atom. The van der Waals surface area contributed by atoms with Gasteiger partial charge in [0.2, 0.25) is 5.91 Å². The van der Waals surface area contributed by atoms with Crippen LogP contribution in [0.4, 0.5) is 0 Å². The number of carbonyl (C=O) groups excluding carboxylic acids is 1. The Labute approximate surface area is 131 Å². The molecule has 5 nitrogen and oxygen atoms in total. The van der Waals surface area contributed by atoms with Gasteiger partial charge in [-0.25, -0.2) is 4.99 Å². The molecule has 1 aromatic rings. The summed E-state index contributed by atoms with van der Waals surface area (Å²) in [6, 6.07) is 3.65. The topological polar surface area (TPSA) is 71.4 Å². The summed E-state index contributed by atoms with van der Waals surface area (Å²) >= 11 is 6.10. The van der Waals surface area contributed by atoms with Gasteiger partial charge in [0.15, 0.2) is 0 Å². The smallest absolute Gasteiger partial charge is 0.250 e. The monoisotopic (exact) mass is 325 g/mol. The van der Waals surface area contributed by atoms with E-state index in [0.29, 0.717) is 22.8 Å². The van der Waals surface area contributed by atoms with E-state index in [1.165, 1.54) is 0 Å². The molecule has 0 spiro atoms. The molecule has 1 fully saturated rings. The van der Waals surface area contributed by atoms with Gasteiger partial charge in [-0.2, -0.15) is 0 Å². The summed E-state index contributed by atoms with van der Waals surface area (Å²) in [7, 11) is -0.795. The van der Waals surface area contributed by atoms with Crippen LogP contribution in [0.1, 0.15) is 19.4 Å². The predicted octanol–water partition coefficient (Wildman–Crippen LogP) is 1.61. The fraction of sp³-hybridized carbons (Fsp3) is 0.357. The van der Waals surface area contributed by atoms with Crippen molar-refractivity contribution in [1.29, 1.82) is 0 Å². The van der Waals surface area contributed by atoms with Crippen LogP contribution in [0.3, 0.4) is 0 Å². The van der Waals surface area contributed by atoms with Crippen molar-refractivity contribution >= 4 is 34.0 Å². The van der Waals surface area contributed by atoms with Crippen molar-refractivity contribution in [3.8, 4) is 0 Å². The Morgan fingerprint density at radius 2 is 2.19 bits per heavy atom. The van der Waals surface area contributed by atoms with Crippen LogP contribution in [-0.4, -0.2) is 38.4 Å². The van der Waals surface area contributed by atoms with E-state index < -0.39 is 10.8 Å². The number of pyridine rings is 1. The summed E-state index contributed by atoms with van der Waals surface area (Å²) in [5.74, 6) is 0.743. The number of amides is 1. The Kier molecular flexibility index (Phi) is 5.25. The van der Waals surface area contributed by atoms with E-state index in [9.17, 15) is 9.00 Å². The van der Waals surface area contributed by atoms with E-state index >= 15 is 0 Å². The first-order valence-electron chi connectivity index (χ1n) is 6.45. The molecule has 2 heterocycles. The molecule has 0 saturated carbocycles. The van der Waals surface area contributed by atoms with Crippen LogP contribution in [0.15, 0.2) is 40.2 Å². The van der Waals surface area contributed by atoms with Gasteiger partial charge in [-0.1, -0.05) is 17.7 Å². The molecule has 1 amide bonds. The first-order valence-corrected chi connectivity index (χ1v) is 8.32. The molecule has 0 aromatic carbocycles. The van der Waals surface area contributed by atoms with Crippen molar-refractivity contribution < 1.29 is 9.00 Å². The van der Waals surface area contributed by atoms with Crippen molar-refractivity contribution in [1.82, 2.24) is 10.3 Å². The third-order valence-electron chi connectivity index (χ3n) is 3.10. The minimum atomic E-state index is -0.795. The largest absolute Gasteiger partial charge is 0.348 e. The highest BCUT2D eigenvalue weighted by Gasteiger charge is 2.27. The SMILES string of the molecule is C/C(C(=O)NC1CS(=O)C1)=C(Cl)\N=C(/C)c1cccnc1. The zero-order valence-corrected chi connectivity index (χ0v) is 13.4. The number of hydrogen-bond donors (Lipinski definition) is 1. The molecule has 112 valence electrons. The molecular weight excluding hydrogens is 310 g/mol. The summed E-state index contributed by atoms with van der Waals surface area (Å²) in [5, 5.41) is 2.93. The van der Waals surface area contributed by atoms with E-state index in [1.54, 1.807) is 26.2 Å². The van der Waals surface area contributed by atoms with Gasteiger partial charge in [0.1, 0.15) is 5.16 Å². The molecule has 1 N–H and O–H groups in total. The van der Waals surface area contributed by atoms with Crippen molar-refractivity contribution in [2.24, 2.45) is 4.99 Å². The number of aromatic nitrogens is 1. The van der Waals surface area contributed by atoms with Gasteiger partial charge in [0, 0.05) is 46.0 Å². The van der Waals surface area contributed by atoms with E-state index in [2.05, 4.69) is 15.3 Å². The Hall–Kier alpha value is -1.53. The standard InChI is InChI=1S/C14H16ClN3O2S/c1-9(14(19)18-12-7-21(20)8-12)13(15)17-10(2)11-4-3-5-16-6-11/h3-6,12H,7-8H2,1-2H3,(H,18,19)/b13-9+,17-10+. The molecule has 1 aliphatic rings. The van der Waals surface area contributed by atoms with Crippen LogP contribution < -0.4 is 5.32 Å². The summed E-state index contributed by atoms with van der Waals surface area (Å²) in [4.78, 5) is 20.2. The lowest BCUT2D eigenvalue weighted by Gasteiger charge is -2.25. The van der Waals surface area contributed by atoms with Crippen LogP contribution in [0.25, 0.3) is 0 Å². The van der Waals surface area contributed by atoms with Crippen molar-refractivity contribution in [3.05, 3.63) is 40.8 Å². The number of halogens is 1. The minimum Gasteiger partial charge on any atom is -0.348 e. The summed E-state index contributed by atoms with van der Waals surface area (Å²) in [5.41, 5.74) is 1.88. The highest BCUT2D eigenvalue weighted by molar-refractivity contribution is 7.86. The maximum atomic E-state index is 12.0. The molecule has 2 rings (SSSR count). The predicted molar refractivity (Wildman–Crippen MR) is 84.8 cm³/mol. The summed E-state index contributed by atoms with van der Waals surface area (Å²) in [6.45, 7) is 3.42. The number of aliphatic imine (C=N–C) groups is 1. The quantitative estimate of drug-likeness (QED) is 0.519. The molecular formula is C14H16ClN3O2S. The van der Waals surface area contributed by atoms with Gasteiger partial charge in [0.25, 0.3) is 0 Å². The molecule has 21 heavy (non-hydrogen) atoms. The van der Waals surface area contributed by atoms with Gasteiger partial charge in [-0.3, -0.25) is 14.0 Å².